The van der Waals surface area contributed by atoms with Gasteiger partial charge in [0, 0.05) is 17.9 Å². The zero-order valence-electron chi connectivity index (χ0n) is 8.79. The maximum atomic E-state index is 12.9. The molecule has 0 bridgehead atoms. The molecule has 0 fully saturated rings. The first-order valence-corrected chi connectivity index (χ1v) is 6.77. The Bertz CT molecular complexity index is 516. The molecule has 0 N–H and O–H groups in total. The second kappa shape index (κ2) is 5.76. The van der Waals surface area contributed by atoms with Crippen LogP contribution in [0, 0.1) is 5.82 Å². The van der Waals surface area contributed by atoms with Crippen molar-refractivity contribution in [2.45, 2.75) is 12.8 Å². The summed E-state index contributed by atoms with van der Waals surface area (Å²) in [5.74, 6) is 0.247. The fourth-order valence-corrected chi connectivity index (χ4v) is 2.71. The van der Waals surface area contributed by atoms with Crippen LogP contribution >= 0.6 is 34.5 Å². The standard InChI is InChI=1S/C11H9Cl2FN2S/c12-5-1-2-10-15-16-11(17-10)8-4-3-7(14)6-9(8)13/h3-4,6H,1-2,5H2. The van der Waals surface area contributed by atoms with Gasteiger partial charge in [-0.25, -0.2) is 4.39 Å². The van der Waals surface area contributed by atoms with Crippen LogP contribution in [0.15, 0.2) is 18.2 Å². The van der Waals surface area contributed by atoms with E-state index in [4.69, 9.17) is 23.2 Å². The van der Waals surface area contributed by atoms with Crippen LogP contribution < -0.4 is 0 Å². The fraction of sp³-hybridized carbons (Fsp3) is 0.273. The second-order valence-electron chi connectivity index (χ2n) is 3.42. The van der Waals surface area contributed by atoms with Gasteiger partial charge in [0.05, 0.1) is 5.02 Å². The Labute approximate surface area is 112 Å². The van der Waals surface area contributed by atoms with E-state index in [2.05, 4.69) is 10.2 Å². The van der Waals surface area contributed by atoms with Gasteiger partial charge in [0.2, 0.25) is 0 Å². The van der Waals surface area contributed by atoms with Crippen molar-refractivity contribution in [1.82, 2.24) is 10.2 Å². The molecule has 0 radical (unpaired) electrons. The van der Waals surface area contributed by atoms with E-state index in [1.54, 1.807) is 6.07 Å². The van der Waals surface area contributed by atoms with E-state index in [1.807, 2.05) is 0 Å². The smallest absolute Gasteiger partial charge is 0.149 e. The fourth-order valence-electron chi connectivity index (χ4n) is 1.34. The Morgan fingerprint density at radius 1 is 1.29 bits per heavy atom. The van der Waals surface area contributed by atoms with Gasteiger partial charge in [-0.05, 0) is 24.6 Å². The molecule has 0 atom stereocenters. The summed E-state index contributed by atoms with van der Waals surface area (Å²) in [7, 11) is 0. The van der Waals surface area contributed by atoms with Crippen LogP contribution in [0.2, 0.25) is 5.02 Å². The van der Waals surface area contributed by atoms with Crippen molar-refractivity contribution in [3.05, 3.63) is 34.0 Å². The predicted octanol–water partition coefficient (Wildman–Crippen LogP) is 4.17. The molecular formula is C11H9Cl2FN2S. The Balaban J connectivity index is 2.24. The van der Waals surface area contributed by atoms with E-state index >= 15 is 0 Å². The molecule has 17 heavy (non-hydrogen) atoms. The van der Waals surface area contributed by atoms with Crippen LogP contribution in [-0.2, 0) is 6.42 Å². The van der Waals surface area contributed by atoms with E-state index in [0.29, 0.717) is 21.5 Å². The number of benzene rings is 1. The van der Waals surface area contributed by atoms with Gasteiger partial charge in [0.1, 0.15) is 15.8 Å². The van der Waals surface area contributed by atoms with Crippen molar-refractivity contribution in [3.8, 4) is 10.6 Å². The SMILES string of the molecule is Fc1ccc(-c2nnc(CCCCl)s2)c(Cl)c1. The van der Waals surface area contributed by atoms with Crippen molar-refractivity contribution in [2.75, 3.05) is 5.88 Å². The van der Waals surface area contributed by atoms with E-state index in [9.17, 15) is 4.39 Å². The zero-order chi connectivity index (χ0) is 12.3. The highest BCUT2D eigenvalue weighted by Crippen LogP contribution is 2.30. The van der Waals surface area contributed by atoms with Gasteiger partial charge in [0.15, 0.2) is 0 Å². The number of aromatic nitrogens is 2. The number of halogens is 3. The zero-order valence-corrected chi connectivity index (χ0v) is 11.1. The van der Waals surface area contributed by atoms with Crippen molar-refractivity contribution in [2.24, 2.45) is 0 Å². The maximum absolute atomic E-state index is 12.9. The second-order valence-corrected chi connectivity index (χ2v) is 5.26. The number of rotatable bonds is 4. The molecule has 0 amide bonds. The summed E-state index contributed by atoms with van der Waals surface area (Å²) in [6, 6.07) is 4.25. The minimum absolute atomic E-state index is 0.352. The molecule has 2 nitrogen and oxygen atoms in total. The molecule has 1 aromatic carbocycles. The van der Waals surface area contributed by atoms with E-state index in [0.717, 1.165) is 17.8 Å². The molecule has 0 aliphatic rings. The van der Waals surface area contributed by atoms with Gasteiger partial charge in [-0.3, -0.25) is 0 Å². The Morgan fingerprint density at radius 3 is 2.82 bits per heavy atom. The van der Waals surface area contributed by atoms with Crippen LogP contribution in [0.3, 0.4) is 0 Å². The molecule has 6 heteroatoms. The molecule has 0 saturated carbocycles. The summed E-state index contributed by atoms with van der Waals surface area (Å²) in [6.45, 7) is 0. The number of aryl methyl sites for hydroxylation is 1. The summed E-state index contributed by atoms with van der Waals surface area (Å²) in [4.78, 5) is 0. The first-order chi connectivity index (χ1) is 8.20. The van der Waals surface area contributed by atoms with Gasteiger partial charge >= 0.3 is 0 Å². The van der Waals surface area contributed by atoms with Gasteiger partial charge in [-0.2, -0.15) is 0 Å². The average molecular weight is 291 g/mol. The van der Waals surface area contributed by atoms with Crippen LogP contribution in [0.5, 0.6) is 0 Å². The lowest BCUT2D eigenvalue weighted by atomic mass is 10.2. The number of hydrogen-bond donors (Lipinski definition) is 0. The summed E-state index contributed by atoms with van der Waals surface area (Å²) in [5.41, 5.74) is 0.711. The first-order valence-electron chi connectivity index (χ1n) is 5.04. The summed E-state index contributed by atoms with van der Waals surface area (Å²) >= 11 is 13.0. The third kappa shape index (κ3) is 3.15. The lowest BCUT2D eigenvalue weighted by Crippen LogP contribution is -1.84. The third-order valence-electron chi connectivity index (χ3n) is 2.15. The topological polar surface area (TPSA) is 25.8 Å². The molecule has 2 rings (SSSR count). The number of nitrogens with zero attached hydrogens (tertiary/aromatic N) is 2. The van der Waals surface area contributed by atoms with Crippen molar-refractivity contribution in [3.63, 3.8) is 0 Å². The molecule has 0 unspecified atom stereocenters. The molecule has 2 aromatic rings. The normalized spacial score (nSPS) is 10.8. The molecule has 1 aromatic heterocycles. The lowest BCUT2D eigenvalue weighted by molar-refractivity contribution is 0.628. The van der Waals surface area contributed by atoms with E-state index < -0.39 is 0 Å². The van der Waals surface area contributed by atoms with Crippen LogP contribution in [-0.4, -0.2) is 16.1 Å². The minimum atomic E-state index is -0.356. The van der Waals surface area contributed by atoms with Crippen molar-refractivity contribution >= 4 is 34.5 Å². The Kier molecular flexibility index (Phi) is 4.31. The monoisotopic (exact) mass is 290 g/mol. The number of alkyl halides is 1. The maximum Gasteiger partial charge on any atom is 0.149 e. The summed E-state index contributed by atoms with van der Waals surface area (Å²) in [5, 5.41) is 10.1. The van der Waals surface area contributed by atoms with Gasteiger partial charge in [-0.15, -0.1) is 21.8 Å². The minimum Gasteiger partial charge on any atom is -0.207 e. The average Bonchev–Trinajstić information content (AvgIpc) is 2.75. The highest BCUT2D eigenvalue weighted by molar-refractivity contribution is 7.14. The van der Waals surface area contributed by atoms with Gasteiger partial charge < -0.3 is 0 Å². The van der Waals surface area contributed by atoms with E-state index in [1.165, 1.54) is 23.5 Å². The Morgan fingerprint density at radius 2 is 2.12 bits per heavy atom. The third-order valence-corrected chi connectivity index (χ3v) is 3.75. The lowest BCUT2D eigenvalue weighted by Gasteiger charge is -1.98. The molecule has 0 aliphatic heterocycles. The molecule has 90 valence electrons. The predicted molar refractivity (Wildman–Crippen MR) is 69.4 cm³/mol. The highest BCUT2D eigenvalue weighted by atomic mass is 35.5. The Hall–Kier alpha value is -0.710. The molecule has 0 aliphatic carbocycles. The van der Waals surface area contributed by atoms with Gasteiger partial charge in [0.25, 0.3) is 0 Å². The molecule has 0 spiro atoms. The molecular weight excluding hydrogens is 282 g/mol. The van der Waals surface area contributed by atoms with Crippen LogP contribution in [0.1, 0.15) is 11.4 Å². The number of hydrogen-bond acceptors (Lipinski definition) is 3. The largest absolute Gasteiger partial charge is 0.207 e. The first kappa shape index (κ1) is 12.7. The quantitative estimate of drug-likeness (QED) is 0.790. The van der Waals surface area contributed by atoms with Gasteiger partial charge in [-0.1, -0.05) is 22.9 Å². The van der Waals surface area contributed by atoms with Crippen LogP contribution in [0.4, 0.5) is 4.39 Å². The van der Waals surface area contributed by atoms with Crippen LogP contribution in [0.25, 0.3) is 10.6 Å². The van der Waals surface area contributed by atoms with Crippen molar-refractivity contribution in [1.29, 1.82) is 0 Å². The van der Waals surface area contributed by atoms with Crippen molar-refractivity contribution < 1.29 is 4.39 Å². The van der Waals surface area contributed by atoms with E-state index in [-0.39, 0.29) is 5.82 Å². The molecule has 1 heterocycles. The summed E-state index contributed by atoms with van der Waals surface area (Å²) in [6.07, 6.45) is 1.67. The highest BCUT2D eigenvalue weighted by Gasteiger charge is 2.10. The summed E-state index contributed by atoms with van der Waals surface area (Å²) < 4.78 is 12.9. The molecule has 0 saturated heterocycles.